The number of alkyl halides is 3. The molecule has 0 spiro atoms. The number of rotatable bonds is 6. The molecule has 5 heteroatoms. The van der Waals surface area contributed by atoms with Crippen LogP contribution in [-0.4, -0.2) is 11.6 Å². The summed E-state index contributed by atoms with van der Waals surface area (Å²) >= 11 is 0. The Morgan fingerprint density at radius 2 is 1.59 bits per heavy atom. The lowest BCUT2D eigenvalue weighted by molar-refractivity contribution is -0.141. The Bertz CT molecular complexity index is 576. The van der Waals surface area contributed by atoms with E-state index in [-0.39, 0.29) is 0 Å². The summed E-state index contributed by atoms with van der Waals surface area (Å²) in [6.07, 6.45) is -0.724. The fourth-order valence-electron chi connectivity index (χ4n) is 2.00. The van der Waals surface area contributed by atoms with Gasteiger partial charge in [-0.1, -0.05) is 25.1 Å². The van der Waals surface area contributed by atoms with E-state index in [9.17, 15) is 13.2 Å². The Balaban J connectivity index is 1.90. The smallest absolute Gasteiger partial charge is 0.433 e. The molecule has 1 heterocycles. The maximum atomic E-state index is 12.4. The summed E-state index contributed by atoms with van der Waals surface area (Å²) in [5.41, 5.74) is 1.05. The monoisotopic (exact) mass is 309 g/mol. The number of hydrogen-bond acceptors (Lipinski definition) is 2. The van der Waals surface area contributed by atoms with Gasteiger partial charge in [-0.15, -0.1) is 0 Å². The summed E-state index contributed by atoms with van der Waals surface area (Å²) in [7, 11) is 0. The van der Waals surface area contributed by atoms with Crippen LogP contribution in [0.15, 0.2) is 42.6 Å². The normalized spacial score (nSPS) is 11.5. The molecule has 0 amide bonds. The molecule has 2 rings (SSSR count). The molecule has 2 nitrogen and oxygen atoms in total. The van der Waals surface area contributed by atoms with Gasteiger partial charge in [0.15, 0.2) is 0 Å². The number of pyridine rings is 1. The van der Waals surface area contributed by atoms with Gasteiger partial charge >= 0.3 is 6.18 Å². The minimum absolute atomic E-state index is 0.653. The van der Waals surface area contributed by atoms with Gasteiger partial charge in [-0.3, -0.25) is 4.98 Å². The van der Waals surface area contributed by atoms with Crippen LogP contribution in [0.3, 0.4) is 0 Å². The Labute approximate surface area is 128 Å². The lowest BCUT2D eigenvalue weighted by Crippen LogP contribution is -2.07. The van der Waals surface area contributed by atoms with Crippen LogP contribution < -0.4 is 4.74 Å². The molecule has 0 saturated carbocycles. The number of benzene rings is 1. The highest BCUT2D eigenvalue weighted by atomic mass is 19.4. The number of halogens is 3. The van der Waals surface area contributed by atoms with E-state index in [0.29, 0.717) is 13.0 Å². The second-order valence-electron chi connectivity index (χ2n) is 5.04. The maximum absolute atomic E-state index is 12.4. The summed E-state index contributed by atoms with van der Waals surface area (Å²) in [6.45, 7) is 2.74. The lowest BCUT2D eigenvalue weighted by atomic mass is 10.1. The van der Waals surface area contributed by atoms with Crippen LogP contribution in [0, 0.1) is 0 Å². The van der Waals surface area contributed by atoms with Crippen LogP contribution in [0.5, 0.6) is 5.75 Å². The summed E-state index contributed by atoms with van der Waals surface area (Å²) in [4.78, 5) is 3.47. The molecule has 0 bridgehead atoms. The van der Waals surface area contributed by atoms with Crippen LogP contribution >= 0.6 is 0 Å². The third kappa shape index (κ3) is 4.76. The largest absolute Gasteiger partial charge is 0.494 e. The van der Waals surface area contributed by atoms with Crippen molar-refractivity contribution < 1.29 is 17.9 Å². The first-order chi connectivity index (χ1) is 10.5. The van der Waals surface area contributed by atoms with Crippen molar-refractivity contribution in [2.45, 2.75) is 32.4 Å². The van der Waals surface area contributed by atoms with Crippen molar-refractivity contribution in [3.05, 3.63) is 59.4 Å². The summed E-state index contributed by atoms with van der Waals surface area (Å²) in [5.74, 6) is 0.835. The molecule has 0 atom stereocenters. The topological polar surface area (TPSA) is 22.1 Å². The SMILES string of the molecule is CCCOc1ccc(CCc2ccc(C(F)(F)F)nc2)cc1. The van der Waals surface area contributed by atoms with Crippen molar-refractivity contribution in [3.63, 3.8) is 0 Å². The molecule has 1 aromatic heterocycles. The fourth-order valence-corrected chi connectivity index (χ4v) is 2.00. The highest BCUT2D eigenvalue weighted by Crippen LogP contribution is 2.27. The van der Waals surface area contributed by atoms with E-state index in [2.05, 4.69) is 4.98 Å². The molecule has 0 aliphatic carbocycles. The molecular formula is C17H18F3NO. The van der Waals surface area contributed by atoms with E-state index in [0.717, 1.165) is 35.8 Å². The maximum Gasteiger partial charge on any atom is 0.433 e. The van der Waals surface area contributed by atoms with Crippen LogP contribution in [-0.2, 0) is 19.0 Å². The van der Waals surface area contributed by atoms with Crippen molar-refractivity contribution in [2.75, 3.05) is 6.61 Å². The lowest BCUT2D eigenvalue weighted by Gasteiger charge is -2.07. The van der Waals surface area contributed by atoms with Crippen molar-refractivity contribution >= 4 is 0 Å². The van der Waals surface area contributed by atoms with E-state index in [1.807, 2.05) is 31.2 Å². The Hall–Kier alpha value is -2.04. The summed E-state index contributed by atoms with van der Waals surface area (Å²) < 4.78 is 42.8. The zero-order valence-electron chi connectivity index (χ0n) is 12.4. The number of aromatic nitrogens is 1. The second-order valence-corrected chi connectivity index (χ2v) is 5.04. The van der Waals surface area contributed by atoms with Gasteiger partial charge in [0.05, 0.1) is 6.61 Å². The fraction of sp³-hybridized carbons (Fsp3) is 0.353. The van der Waals surface area contributed by atoms with E-state index < -0.39 is 11.9 Å². The van der Waals surface area contributed by atoms with Crippen LogP contribution in [0.25, 0.3) is 0 Å². The molecule has 1 aromatic carbocycles. The van der Waals surface area contributed by atoms with Crippen molar-refractivity contribution in [2.24, 2.45) is 0 Å². The molecule has 0 aliphatic heterocycles. The van der Waals surface area contributed by atoms with E-state index >= 15 is 0 Å². The first kappa shape index (κ1) is 16.3. The van der Waals surface area contributed by atoms with Crippen LogP contribution in [0.1, 0.15) is 30.2 Å². The molecule has 0 radical (unpaired) electrons. The molecule has 22 heavy (non-hydrogen) atoms. The third-order valence-corrected chi connectivity index (χ3v) is 3.21. The molecule has 0 unspecified atom stereocenters. The van der Waals surface area contributed by atoms with E-state index in [1.165, 1.54) is 12.3 Å². The molecule has 0 saturated heterocycles. The predicted molar refractivity (Wildman–Crippen MR) is 78.9 cm³/mol. The standard InChI is InChI=1S/C17H18F3NO/c1-2-11-22-15-8-5-13(6-9-15)3-4-14-7-10-16(21-12-14)17(18,19)20/h5-10,12H,2-4,11H2,1H3. The van der Waals surface area contributed by atoms with Gasteiger partial charge in [-0.05, 0) is 48.6 Å². The van der Waals surface area contributed by atoms with Crippen molar-refractivity contribution in [1.29, 1.82) is 0 Å². The Kier molecular flexibility index (Phi) is 5.41. The minimum Gasteiger partial charge on any atom is -0.494 e. The molecule has 0 aliphatic rings. The molecule has 0 fully saturated rings. The average molecular weight is 309 g/mol. The van der Waals surface area contributed by atoms with Crippen LogP contribution in [0.4, 0.5) is 13.2 Å². The van der Waals surface area contributed by atoms with Gasteiger partial charge < -0.3 is 4.74 Å². The Morgan fingerprint density at radius 1 is 0.955 bits per heavy atom. The molecule has 0 N–H and O–H groups in total. The Morgan fingerprint density at radius 3 is 2.14 bits per heavy atom. The molecule has 118 valence electrons. The first-order valence-corrected chi connectivity index (χ1v) is 7.23. The second kappa shape index (κ2) is 7.29. The zero-order chi connectivity index (χ0) is 16.0. The van der Waals surface area contributed by atoms with Crippen molar-refractivity contribution in [1.82, 2.24) is 4.98 Å². The third-order valence-electron chi connectivity index (χ3n) is 3.21. The van der Waals surface area contributed by atoms with E-state index in [1.54, 1.807) is 0 Å². The van der Waals surface area contributed by atoms with Gasteiger partial charge in [-0.2, -0.15) is 13.2 Å². The van der Waals surface area contributed by atoms with Crippen molar-refractivity contribution in [3.8, 4) is 5.75 Å². The number of hydrogen-bond donors (Lipinski definition) is 0. The highest BCUT2D eigenvalue weighted by Gasteiger charge is 2.31. The minimum atomic E-state index is -4.38. The van der Waals surface area contributed by atoms with Gasteiger partial charge in [-0.25, -0.2) is 0 Å². The molecular weight excluding hydrogens is 291 g/mol. The number of nitrogens with zero attached hydrogens (tertiary/aromatic N) is 1. The molecule has 2 aromatic rings. The zero-order valence-corrected chi connectivity index (χ0v) is 12.4. The van der Waals surface area contributed by atoms with Gasteiger partial charge in [0.25, 0.3) is 0 Å². The first-order valence-electron chi connectivity index (χ1n) is 7.23. The number of aryl methyl sites for hydroxylation is 2. The number of ether oxygens (including phenoxy) is 1. The quantitative estimate of drug-likeness (QED) is 0.773. The summed E-state index contributed by atoms with van der Waals surface area (Å²) in [5, 5.41) is 0. The average Bonchev–Trinajstić information content (AvgIpc) is 2.51. The van der Waals surface area contributed by atoms with Crippen LogP contribution in [0.2, 0.25) is 0 Å². The van der Waals surface area contributed by atoms with Gasteiger partial charge in [0, 0.05) is 6.20 Å². The predicted octanol–water partition coefficient (Wildman–Crippen LogP) is 4.67. The summed E-state index contributed by atoms with van der Waals surface area (Å²) in [6, 6.07) is 10.3. The van der Waals surface area contributed by atoms with Gasteiger partial charge in [0.2, 0.25) is 0 Å². The van der Waals surface area contributed by atoms with Gasteiger partial charge in [0.1, 0.15) is 11.4 Å². The van der Waals surface area contributed by atoms with E-state index in [4.69, 9.17) is 4.74 Å². The highest BCUT2D eigenvalue weighted by molar-refractivity contribution is 5.28.